The number of fused-ring (bicyclic) bond motifs is 1. The molecule has 10 heavy (non-hydrogen) atoms. The third-order valence-corrected chi connectivity index (χ3v) is 2.38. The van der Waals surface area contributed by atoms with Crippen molar-refractivity contribution in [1.29, 1.82) is 0 Å². The highest BCUT2D eigenvalue weighted by molar-refractivity contribution is 5.67. The van der Waals surface area contributed by atoms with Crippen LogP contribution >= 0.6 is 0 Å². The average Bonchev–Trinajstić information content (AvgIpc) is 2.11. The van der Waals surface area contributed by atoms with E-state index in [4.69, 9.17) is 5.11 Å². The lowest BCUT2D eigenvalue weighted by Crippen LogP contribution is -2.57. The van der Waals surface area contributed by atoms with Crippen molar-refractivity contribution in [3.05, 3.63) is 0 Å². The molecule has 0 aromatic carbocycles. The number of hydrogen-bond acceptors (Lipinski definition) is 2. The van der Waals surface area contributed by atoms with Crippen LogP contribution in [0, 0.1) is 5.92 Å². The SMILES string of the molecule is O=C(O)N1CC2CNCC21. The third-order valence-electron chi connectivity index (χ3n) is 2.38. The van der Waals surface area contributed by atoms with Crippen LogP contribution in [0.15, 0.2) is 0 Å². The zero-order valence-electron chi connectivity index (χ0n) is 5.58. The fourth-order valence-corrected chi connectivity index (χ4v) is 1.74. The predicted molar refractivity (Wildman–Crippen MR) is 34.9 cm³/mol. The molecular formula is C6H10N2O2. The summed E-state index contributed by atoms with van der Waals surface area (Å²) in [5.74, 6) is 0.594. The molecule has 2 N–H and O–H groups in total. The first kappa shape index (κ1) is 5.97. The van der Waals surface area contributed by atoms with Gasteiger partial charge in [-0.3, -0.25) is 0 Å². The molecule has 2 unspecified atom stereocenters. The van der Waals surface area contributed by atoms with Gasteiger partial charge in [0.2, 0.25) is 0 Å². The maximum Gasteiger partial charge on any atom is 0.407 e. The van der Waals surface area contributed by atoms with Crippen LogP contribution in [0.3, 0.4) is 0 Å². The summed E-state index contributed by atoms with van der Waals surface area (Å²) in [6, 6.07) is 0.275. The van der Waals surface area contributed by atoms with Gasteiger partial charge >= 0.3 is 6.09 Å². The lowest BCUT2D eigenvalue weighted by molar-refractivity contribution is 0.0507. The van der Waals surface area contributed by atoms with Gasteiger partial charge in [-0.05, 0) is 0 Å². The van der Waals surface area contributed by atoms with Gasteiger partial charge in [-0.2, -0.15) is 0 Å². The third kappa shape index (κ3) is 0.623. The standard InChI is InChI=1S/C6H10N2O2/c9-6(10)8-3-4-1-7-2-5(4)8/h4-5,7H,1-3H2,(H,9,10). The summed E-state index contributed by atoms with van der Waals surface area (Å²) in [5, 5.41) is 11.7. The first-order valence-electron chi connectivity index (χ1n) is 3.49. The predicted octanol–water partition coefficient (Wildman–Crippen LogP) is -0.432. The number of carboxylic acid groups (broad SMARTS) is 1. The molecule has 2 aliphatic heterocycles. The Kier molecular flexibility index (Phi) is 1.11. The summed E-state index contributed by atoms with van der Waals surface area (Å²) in [6.45, 7) is 2.57. The van der Waals surface area contributed by atoms with E-state index in [1.54, 1.807) is 0 Å². The maximum absolute atomic E-state index is 10.4. The monoisotopic (exact) mass is 142 g/mol. The number of nitrogens with zero attached hydrogens (tertiary/aromatic N) is 1. The molecule has 0 spiro atoms. The van der Waals surface area contributed by atoms with Crippen molar-refractivity contribution in [2.45, 2.75) is 6.04 Å². The quantitative estimate of drug-likeness (QED) is 0.482. The van der Waals surface area contributed by atoms with Crippen molar-refractivity contribution < 1.29 is 9.90 Å². The van der Waals surface area contributed by atoms with Crippen molar-refractivity contribution in [3.8, 4) is 0 Å². The van der Waals surface area contributed by atoms with E-state index in [1.165, 1.54) is 4.90 Å². The molecule has 0 saturated carbocycles. The maximum atomic E-state index is 10.4. The largest absolute Gasteiger partial charge is 0.465 e. The summed E-state index contributed by atoms with van der Waals surface area (Å²) in [7, 11) is 0. The molecule has 2 atom stereocenters. The molecule has 0 bridgehead atoms. The Morgan fingerprint density at radius 2 is 2.40 bits per heavy atom. The molecule has 4 nitrogen and oxygen atoms in total. The van der Waals surface area contributed by atoms with E-state index in [0.717, 1.165) is 19.6 Å². The summed E-state index contributed by atoms with van der Waals surface area (Å²) in [6.07, 6.45) is -0.773. The highest BCUT2D eigenvalue weighted by Crippen LogP contribution is 2.27. The molecule has 0 aromatic rings. The zero-order chi connectivity index (χ0) is 7.14. The van der Waals surface area contributed by atoms with Crippen molar-refractivity contribution in [3.63, 3.8) is 0 Å². The van der Waals surface area contributed by atoms with Crippen LogP contribution in [0.5, 0.6) is 0 Å². The number of likely N-dealkylation sites (tertiary alicyclic amines) is 1. The average molecular weight is 142 g/mol. The normalized spacial score (nSPS) is 37.0. The molecule has 0 aromatic heterocycles. The first-order chi connectivity index (χ1) is 4.79. The first-order valence-corrected chi connectivity index (χ1v) is 3.49. The molecule has 2 rings (SSSR count). The second-order valence-corrected chi connectivity index (χ2v) is 2.92. The lowest BCUT2D eigenvalue weighted by Gasteiger charge is -2.41. The van der Waals surface area contributed by atoms with Crippen molar-refractivity contribution >= 4 is 6.09 Å². The smallest absolute Gasteiger partial charge is 0.407 e. The highest BCUT2D eigenvalue weighted by Gasteiger charge is 2.44. The van der Waals surface area contributed by atoms with Crippen LogP contribution < -0.4 is 5.32 Å². The van der Waals surface area contributed by atoms with Crippen LogP contribution in [0.25, 0.3) is 0 Å². The lowest BCUT2D eigenvalue weighted by atomic mass is 9.93. The second kappa shape index (κ2) is 1.85. The van der Waals surface area contributed by atoms with Crippen LogP contribution in [0.4, 0.5) is 4.79 Å². The van der Waals surface area contributed by atoms with Crippen LogP contribution in [-0.2, 0) is 0 Å². The Bertz CT molecular complexity index is 171. The van der Waals surface area contributed by atoms with Gasteiger partial charge in [0.15, 0.2) is 0 Å². The Morgan fingerprint density at radius 1 is 1.60 bits per heavy atom. The van der Waals surface area contributed by atoms with Crippen LogP contribution in [0.1, 0.15) is 0 Å². The Morgan fingerprint density at radius 3 is 3.00 bits per heavy atom. The van der Waals surface area contributed by atoms with E-state index in [2.05, 4.69) is 5.32 Å². The molecule has 0 aliphatic carbocycles. The number of amides is 1. The van der Waals surface area contributed by atoms with Gasteiger partial charge in [0.25, 0.3) is 0 Å². The van der Waals surface area contributed by atoms with E-state index in [-0.39, 0.29) is 6.04 Å². The molecule has 1 amide bonds. The minimum absolute atomic E-state index is 0.275. The van der Waals surface area contributed by atoms with Gasteiger partial charge in [-0.15, -0.1) is 0 Å². The van der Waals surface area contributed by atoms with Gasteiger partial charge < -0.3 is 15.3 Å². The molecule has 2 saturated heterocycles. The van der Waals surface area contributed by atoms with E-state index >= 15 is 0 Å². The molecule has 4 heteroatoms. The summed E-state index contributed by atoms with van der Waals surface area (Å²) < 4.78 is 0. The van der Waals surface area contributed by atoms with Gasteiger partial charge in [0, 0.05) is 25.6 Å². The second-order valence-electron chi connectivity index (χ2n) is 2.92. The summed E-state index contributed by atoms with van der Waals surface area (Å²) in [4.78, 5) is 11.9. The van der Waals surface area contributed by atoms with Crippen molar-refractivity contribution in [2.24, 2.45) is 5.92 Å². The van der Waals surface area contributed by atoms with Crippen LogP contribution in [-0.4, -0.2) is 41.8 Å². The van der Waals surface area contributed by atoms with E-state index in [9.17, 15) is 4.79 Å². The minimum Gasteiger partial charge on any atom is -0.465 e. The van der Waals surface area contributed by atoms with Gasteiger partial charge in [0.1, 0.15) is 0 Å². The summed E-state index contributed by atoms with van der Waals surface area (Å²) in [5.41, 5.74) is 0. The number of nitrogens with one attached hydrogen (secondary N) is 1. The summed E-state index contributed by atoms with van der Waals surface area (Å²) >= 11 is 0. The van der Waals surface area contributed by atoms with E-state index < -0.39 is 6.09 Å². The molecular weight excluding hydrogens is 132 g/mol. The Hall–Kier alpha value is -0.770. The molecule has 0 radical (unpaired) electrons. The van der Waals surface area contributed by atoms with Gasteiger partial charge in [-0.1, -0.05) is 0 Å². The minimum atomic E-state index is -0.773. The van der Waals surface area contributed by atoms with E-state index in [1.807, 2.05) is 0 Å². The molecule has 56 valence electrons. The number of rotatable bonds is 0. The Labute approximate surface area is 58.8 Å². The number of hydrogen-bond donors (Lipinski definition) is 2. The molecule has 2 aliphatic rings. The fraction of sp³-hybridized carbons (Fsp3) is 0.833. The molecule has 2 fully saturated rings. The zero-order valence-corrected chi connectivity index (χ0v) is 5.58. The van der Waals surface area contributed by atoms with Crippen LogP contribution in [0.2, 0.25) is 0 Å². The highest BCUT2D eigenvalue weighted by atomic mass is 16.4. The van der Waals surface area contributed by atoms with Crippen molar-refractivity contribution in [1.82, 2.24) is 10.2 Å². The topological polar surface area (TPSA) is 52.6 Å². The number of carbonyl (C=O) groups is 1. The fourth-order valence-electron chi connectivity index (χ4n) is 1.74. The van der Waals surface area contributed by atoms with Gasteiger partial charge in [0.05, 0.1) is 6.04 Å². The van der Waals surface area contributed by atoms with E-state index in [0.29, 0.717) is 5.92 Å². The molecule has 2 heterocycles. The van der Waals surface area contributed by atoms with Crippen molar-refractivity contribution in [2.75, 3.05) is 19.6 Å². The Balaban J connectivity index is 2.00. The van der Waals surface area contributed by atoms with Gasteiger partial charge in [-0.25, -0.2) is 4.79 Å².